The molecule has 0 N–H and O–H groups in total. The van der Waals surface area contributed by atoms with Gasteiger partial charge in [-0.2, -0.15) is 0 Å². The van der Waals surface area contributed by atoms with Crippen LogP contribution in [0.3, 0.4) is 0 Å². The van der Waals surface area contributed by atoms with Crippen LogP contribution in [0.25, 0.3) is 22.3 Å². The van der Waals surface area contributed by atoms with Crippen LogP contribution in [0, 0.1) is 33.8 Å². The molecule has 4 aromatic carbocycles. The predicted molar refractivity (Wildman–Crippen MR) is 258 cm³/mol. The maximum absolute atomic E-state index is 15.2. The zero-order chi connectivity index (χ0) is 42.4. The van der Waals surface area contributed by atoms with Gasteiger partial charge in [0.05, 0.1) is 0 Å². The third kappa shape index (κ3) is 6.60. The van der Waals surface area contributed by atoms with Gasteiger partial charge in [0.2, 0.25) is 0 Å². The van der Waals surface area contributed by atoms with E-state index in [1.54, 1.807) is 24.3 Å². The van der Waals surface area contributed by atoms with Gasteiger partial charge >= 0.3 is 351 Å². The molecule has 5 heteroatoms. The summed E-state index contributed by atoms with van der Waals surface area (Å²) in [5.41, 5.74) is 14.2. The van der Waals surface area contributed by atoms with Crippen LogP contribution < -0.4 is 6.54 Å². The quantitative estimate of drug-likeness (QED) is 0.165. The second-order valence-electron chi connectivity index (χ2n) is 22.4. The van der Waals surface area contributed by atoms with Crippen molar-refractivity contribution in [1.82, 2.24) is 0 Å². The summed E-state index contributed by atoms with van der Waals surface area (Å²) in [5, 5.41) is 0. The Bertz CT molecular complexity index is 2570. The number of benzene rings is 4. The molecule has 4 aliphatic rings. The molecule has 1 unspecified atom stereocenters. The molecule has 0 aromatic heterocycles. The van der Waals surface area contributed by atoms with Gasteiger partial charge in [0, 0.05) is 0 Å². The molecule has 4 aromatic rings. The van der Waals surface area contributed by atoms with Gasteiger partial charge in [-0.1, -0.05) is 0 Å². The molecule has 0 saturated heterocycles. The van der Waals surface area contributed by atoms with Crippen molar-refractivity contribution in [3.63, 3.8) is 0 Å². The van der Waals surface area contributed by atoms with Crippen molar-refractivity contribution >= 4 is 46.7 Å². The van der Waals surface area contributed by atoms with E-state index in [1.165, 1.54) is 67.8 Å². The minimum atomic E-state index is -5.52. The predicted octanol–water partition coefficient (Wildman–Crippen LogP) is 14.8. The first-order valence-electron chi connectivity index (χ1n) is 21.6. The van der Waals surface area contributed by atoms with Crippen molar-refractivity contribution in [3.8, 4) is 11.1 Å². The van der Waals surface area contributed by atoms with E-state index < -0.39 is 23.7 Å². The fraction of sp³-hybridized carbons (Fsp3) is 0.400. The summed E-state index contributed by atoms with van der Waals surface area (Å²) in [6.45, 7) is 32.8. The summed E-state index contributed by atoms with van der Waals surface area (Å²) < 4.78 is 41.1. The van der Waals surface area contributed by atoms with Crippen molar-refractivity contribution in [2.45, 2.75) is 121 Å². The maximum atomic E-state index is 15.2. The number of rotatable bonds is 5. The van der Waals surface area contributed by atoms with Gasteiger partial charge in [-0.3, -0.25) is 0 Å². The molecule has 4 aliphatic carbocycles. The summed E-state index contributed by atoms with van der Waals surface area (Å²) in [5.74, 6) is -0.393. The molecule has 0 saturated carbocycles. The van der Waals surface area contributed by atoms with Crippen LogP contribution in [-0.4, -0.2) is 4.21 Å². The molecule has 0 radical (unpaired) electrons. The van der Waals surface area contributed by atoms with Gasteiger partial charge in [-0.15, -0.1) is 24.8 Å². The van der Waals surface area contributed by atoms with E-state index in [1.807, 2.05) is 24.3 Å². The van der Waals surface area contributed by atoms with E-state index in [9.17, 15) is 0 Å². The molecular formula is C55H66Cl2F2Zr. The summed E-state index contributed by atoms with van der Waals surface area (Å²) in [7, 11) is 0. The van der Waals surface area contributed by atoms with Crippen molar-refractivity contribution in [3.05, 3.63) is 148 Å². The fourth-order valence-corrected chi connectivity index (χ4v) is 31.0. The summed E-state index contributed by atoms with van der Waals surface area (Å²) in [6.07, 6.45) is 9.29. The SMILES string of the molecule is Cl.Cl.[CH2]=[Zr]([C]1=CC(C(C)(C)C)=CC1CC)([C]1=C(C(C)(C)C)c2cc3c(cc2C1(C)C)Cc1cc2c(cc1-3)C(C(C)(C)C)=CC2(C)C)([c]1ccc(F)cc1)[c]1ccc(F)cc1. The molecule has 0 nitrogen and oxygen atoms in total. The van der Waals surface area contributed by atoms with Gasteiger partial charge in [-0.25, -0.2) is 0 Å². The van der Waals surface area contributed by atoms with Crippen molar-refractivity contribution in [2.24, 2.45) is 22.2 Å². The standard InChI is InChI=1S/C31H37.C11H17.2C6H4F.CH2.2ClH.Zr/c1-28(2,3)26-16-30(7,8)24-12-18-11-19-13-25-23(15-21(19)20(18)14-22(24)26)27(29(4,5)6)17-31(25,9)10;1-5-9-6-7-10(8-9)11(2,3)4;2*7-6-4-2-1-3-5-6;;;;/h12-16H,11H2,1-10H3;7-9H,5H2,1-4H3;2*2-5H;1H2;2*1H;. The molecule has 0 bridgehead atoms. The van der Waals surface area contributed by atoms with Gasteiger partial charge in [0.15, 0.2) is 0 Å². The molecule has 1 atom stereocenters. The third-order valence-corrected chi connectivity index (χ3v) is 31.7. The molecular weight excluding hydrogens is 861 g/mol. The number of allylic oxidation sites excluding steroid dienone is 8. The van der Waals surface area contributed by atoms with Gasteiger partial charge < -0.3 is 0 Å². The first-order chi connectivity index (χ1) is 26.7. The van der Waals surface area contributed by atoms with Crippen LogP contribution in [0.15, 0.2) is 103 Å². The van der Waals surface area contributed by atoms with Crippen LogP contribution >= 0.6 is 24.8 Å². The molecule has 318 valence electrons. The van der Waals surface area contributed by atoms with Gasteiger partial charge in [-0.05, 0) is 0 Å². The molecule has 60 heavy (non-hydrogen) atoms. The van der Waals surface area contributed by atoms with Crippen LogP contribution in [0.1, 0.15) is 137 Å². The van der Waals surface area contributed by atoms with E-state index in [0.29, 0.717) is 0 Å². The van der Waals surface area contributed by atoms with Crippen LogP contribution in [-0.2, 0) is 35.5 Å². The van der Waals surface area contributed by atoms with E-state index in [0.717, 1.165) is 19.4 Å². The Morgan fingerprint density at radius 3 is 1.58 bits per heavy atom. The van der Waals surface area contributed by atoms with Crippen molar-refractivity contribution < 1.29 is 27.1 Å². The van der Waals surface area contributed by atoms with E-state index in [-0.39, 0.29) is 64.0 Å². The molecule has 0 amide bonds. The number of fused-ring (bicyclic) bond motifs is 5. The first-order valence-corrected chi connectivity index (χ1v) is 28.2. The monoisotopic (exact) mass is 924 g/mol. The molecule has 0 aliphatic heterocycles. The van der Waals surface area contributed by atoms with E-state index in [2.05, 4.69) is 139 Å². The van der Waals surface area contributed by atoms with Crippen molar-refractivity contribution in [1.29, 1.82) is 0 Å². The van der Waals surface area contributed by atoms with E-state index >= 15 is 8.78 Å². The zero-order valence-corrected chi connectivity index (χ0v) is 42.5. The summed E-state index contributed by atoms with van der Waals surface area (Å²) in [4.78, 5) is 0. The number of halogens is 4. The Morgan fingerprint density at radius 2 is 1.13 bits per heavy atom. The topological polar surface area (TPSA) is 0 Å². The fourth-order valence-electron chi connectivity index (χ4n) is 11.8. The Hall–Kier alpha value is -2.97. The Morgan fingerprint density at radius 1 is 0.650 bits per heavy atom. The molecule has 0 heterocycles. The normalized spacial score (nSPS) is 19.1. The van der Waals surface area contributed by atoms with Gasteiger partial charge in [0.1, 0.15) is 0 Å². The summed E-state index contributed by atoms with van der Waals surface area (Å²) in [6, 6.07) is 24.7. The Balaban J connectivity index is 0.00000302. The minimum absolute atomic E-state index is 0. The first kappa shape index (κ1) is 46.5. The second kappa shape index (κ2) is 14.5. The zero-order valence-electron chi connectivity index (χ0n) is 38.4. The summed E-state index contributed by atoms with van der Waals surface area (Å²) >= 11 is -5.52. The number of hydrogen-bond donors (Lipinski definition) is 0. The average Bonchev–Trinajstić information content (AvgIpc) is 3.85. The average molecular weight is 927 g/mol. The Labute approximate surface area is 373 Å². The van der Waals surface area contributed by atoms with Crippen LogP contribution in [0.5, 0.6) is 0 Å². The van der Waals surface area contributed by atoms with E-state index in [4.69, 9.17) is 4.21 Å². The third-order valence-electron chi connectivity index (χ3n) is 14.6. The molecule has 8 rings (SSSR count). The molecule has 0 spiro atoms. The Kier molecular flexibility index (Phi) is 11.3. The van der Waals surface area contributed by atoms with Crippen LogP contribution in [0.4, 0.5) is 8.78 Å². The second-order valence-corrected chi connectivity index (χ2v) is 35.0. The van der Waals surface area contributed by atoms with Crippen LogP contribution in [0.2, 0.25) is 0 Å². The molecule has 0 fully saturated rings. The van der Waals surface area contributed by atoms with Gasteiger partial charge in [0.25, 0.3) is 0 Å². The number of hydrogen-bond acceptors (Lipinski definition) is 0. The van der Waals surface area contributed by atoms with Crippen molar-refractivity contribution in [2.75, 3.05) is 0 Å².